The standard InChI is InChI=1S/C19H25NO6/c1-13(21)15-5-6-16(17(12-15)25-2)26-11-3-4-18(22)20-9-7-14(8-10-20)19(23)24/h5-6,12,14H,3-4,7-11H2,1-2H3,(H,23,24). The molecule has 2 rings (SSSR count). The Bertz CT molecular complexity index is 664. The highest BCUT2D eigenvalue weighted by atomic mass is 16.5. The summed E-state index contributed by atoms with van der Waals surface area (Å²) in [4.78, 5) is 36.2. The Kier molecular flexibility index (Phi) is 7.00. The summed E-state index contributed by atoms with van der Waals surface area (Å²) < 4.78 is 10.9. The van der Waals surface area contributed by atoms with Crippen molar-refractivity contribution < 1.29 is 29.0 Å². The van der Waals surface area contributed by atoms with Crippen molar-refractivity contribution in [3.8, 4) is 11.5 Å². The van der Waals surface area contributed by atoms with E-state index in [-0.39, 0.29) is 17.6 Å². The first-order valence-electron chi connectivity index (χ1n) is 8.74. The molecule has 0 spiro atoms. The van der Waals surface area contributed by atoms with Gasteiger partial charge in [-0.15, -0.1) is 0 Å². The molecule has 0 radical (unpaired) electrons. The van der Waals surface area contributed by atoms with Gasteiger partial charge in [0.1, 0.15) is 0 Å². The van der Waals surface area contributed by atoms with Gasteiger partial charge in [0.2, 0.25) is 5.91 Å². The Hall–Kier alpha value is -2.57. The zero-order chi connectivity index (χ0) is 19.1. The molecule has 1 amide bonds. The van der Waals surface area contributed by atoms with E-state index in [1.807, 2.05) is 0 Å². The van der Waals surface area contributed by atoms with Gasteiger partial charge >= 0.3 is 5.97 Å². The van der Waals surface area contributed by atoms with Crippen molar-refractivity contribution >= 4 is 17.7 Å². The number of carboxylic acid groups (broad SMARTS) is 1. The van der Waals surface area contributed by atoms with E-state index in [4.69, 9.17) is 14.6 Å². The van der Waals surface area contributed by atoms with Crippen LogP contribution in [0.1, 0.15) is 43.0 Å². The number of carbonyl (C=O) groups excluding carboxylic acids is 2. The van der Waals surface area contributed by atoms with E-state index in [0.29, 0.717) is 62.4 Å². The summed E-state index contributed by atoms with van der Waals surface area (Å²) >= 11 is 0. The van der Waals surface area contributed by atoms with Crippen molar-refractivity contribution in [1.82, 2.24) is 4.90 Å². The summed E-state index contributed by atoms with van der Waals surface area (Å²) in [5.74, 6) is -0.126. The largest absolute Gasteiger partial charge is 0.493 e. The van der Waals surface area contributed by atoms with E-state index in [2.05, 4.69) is 0 Å². The van der Waals surface area contributed by atoms with Gasteiger partial charge in [0.05, 0.1) is 19.6 Å². The number of hydrogen-bond donors (Lipinski definition) is 1. The number of piperidine rings is 1. The Morgan fingerprint density at radius 1 is 1.19 bits per heavy atom. The SMILES string of the molecule is COc1cc(C(C)=O)ccc1OCCCC(=O)N1CCC(C(=O)O)CC1. The Morgan fingerprint density at radius 3 is 2.46 bits per heavy atom. The second-order valence-electron chi connectivity index (χ2n) is 6.37. The maximum atomic E-state index is 12.2. The third-order valence-corrected chi connectivity index (χ3v) is 4.56. The highest BCUT2D eigenvalue weighted by Gasteiger charge is 2.26. The molecule has 1 aromatic rings. The highest BCUT2D eigenvalue weighted by Crippen LogP contribution is 2.28. The van der Waals surface area contributed by atoms with Gasteiger partial charge in [-0.05, 0) is 44.4 Å². The highest BCUT2D eigenvalue weighted by molar-refractivity contribution is 5.94. The number of Topliss-reactive ketones (excluding diaryl/α,β-unsaturated/α-hetero) is 1. The summed E-state index contributed by atoms with van der Waals surface area (Å²) in [5, 5.41) is 8.99. The molecule has 1 fully saturated rings. The number of hydrogen-bond acceptors (Lipinski definition) is 5. The molecule has 1 aliphatic heterocycles. The summed E-state index contributed by atoms with van der Waals surface area (Å²) in [6, 6.07) is 5.00. The smallest absolute Gasteiger partial charge is 0.306 e. The van der Waals surface area contributed by atoms with Gasteiger partial charge in [0.15, 0.2) is 17.3 Å². The summed E-state index contributed by atoms with van der Waals surface area (Å²) in [6.45, 7) is 2.83. The molecule has 1 saturated heterocycles. The molecule has 0 atom stereocenters. The Morgan fingerprint density at radius 2 is 1.88 bits per heavy atom. The van der Waals surface area contributed by atoms with Crippen LogP contribution in [-0.2, 0) is 9.59 Å². The fourth-order valence-corrected chi connectivity index (χ4v) is 2.95. The van der Waals surface area contributed by atoms with Gasteiger partial charge in [-0.25, -0.2) is 0 Å². The van der Waals surface area contributed by atoms with Gasteiger partial charge in [0, 0.05) is 25.1 Å². The van der Waals surface area contributed by atoms with E-state index >= 15 is 0 Å². The van der Waals surface area contributed by atoms with Crippen molar-refractivity contribution in [3.05, 3.63) is 23.8 Å². The number of ether oxygens (including phenoxy) is 2. The lowest BCUT2D eigenvalue weighted by Gasteiger charge is -2.30. The monoisotopic (exact) mass is 363 g/mol. The number of methoxy groups -OCH3 is 1. The Balaban J connectivity index is 1.76. The molecule has 1 aliphatic rings. The van der Waals surface area contributed by atoms with Gasteiger partial charge in [0.25, 0.3) is 0 Å². The van der Waals surface area contributed by atoms with Crippen LogP contribution >= 0.6 is 0 Å². The third kappa shape index (κ3) is 5.21. The topological polar surface area (TPSA) is 93.1 Å². The van der Waals surface area contributed by atoms with Crippen LogP contribution in [0.15, 0.2) is 18.2 Å². The van der Waals surface area contributed by atoms with Gasteiger partial charge in [-0.2, -0.15) is 0 Å². The van der Waals surface area contributed by atoms with E-state index in [9.17, 15) is 14.4 Å². The number of ketones is 1. The number of aliphatic carboxylic acids is 1. The number of rotatable bonds is 8. The van der Waals surface area contributed by atoms with Crippen LogP contribution in [0.5, 0.6) is 11.5 Å². The first kappa shape index (κ1) is 19.8. The molecule has 0 aliphatic carbocycles. The lowest BCUT2D eigenvalue weighted by molar-refractivity contribution is -0.145. The predicted octanol–water partition coefficient (Wildman–Crippen LogP) is 2.38. The van der Waals surface area contributed by atoms with Crippen LogP contribution in [0, 0.1) is 5.92 Å². The molecule has 7 heteroatoms. The summed E-state index contributed by atoms with van der Waals surface area (Å²) in [6.07, 6.45) is 1.93. The number of carbonyl (C=O) groups is 3. The van der Waals surface area contributed by atoms with E-state index in [1.165, 1.54) is 14.0 Å². The van der Waals surface area contributed by atoms with Crippen molar-refractivity contribution in [3.63, 3.8) is 0 Å². The second-order valence-corrected chi connectivity index (χ2v) is 6.37. The minimum atomic E-state index is -0.782. The van der Waals surface area contributed by atoms with Crippen LogP contribution in [-0.4, -0.2) is 54.5 Å². The predicted molar refractivity (Wildman–Crippen MR) is 94.7 cm³/mol. The molecule has 142 valence electrons. The lowest BCUT2D eigenvalue weighted by Crippen LogP contribution is -2.40. The maximum Gasteiger partial charge on any atom is 0.306 e. The fourth-order valence-electron chi connectivity index (χ4n) is 2.95. The van der Waals surface area contributed by atoms with Crippen LogP contribution in [0.3, 0.4) is 0 Å². The average molecular weight is 363 g/mol. The Labute approximate surface area is 152 Å². The molecule has 1 heterocycles. The molecule has 0 aromatic heterocycles. The normalized spacial score (nSPS) is 14.8. The molecular formula is C19H25NO6. The number of carboxylic acids is 1. The van der Waals surface area contributed by atoms with Gasteiger partial charge in [-0.3, -0.25) is 14.4 Å². The molecular weight excluding hydrogens is 338 g/mol. The minimum absolute atomic E-state index is 0.0244. The molecule has 0 bridgehead atoms. The number of amides is 1. The van der Waals surface area contributed by atoms with Gasteiger partial charge in [-0.1, -0.05) is 0 Å². The third-order valence-electron chi connectivity index (χ3n) is 4.56. The zero-order valence-corrected chi connectivity index (χ0v) is 15.2. The number of nitrogens with zero attached hydrogens (tertiary/aromatic N) is 1. The summed E-state index contributed by atoms with van der Waals surface area (Å²) in [5.41, 5.74) is 0.550. The van der Waals surface area contributed by atoms with E-state index in [1.54, 1.807) is 23.1 Å². The second kappa shape index (κ2) is 9.22. The van der Waals surface area contributed by atoms with Crippen LogP contribution < -0.4 is 9.47 Å². The number of benzene rings is 1. The van der Waals surface area contributed by atoms with Crippen LogP contribution in [0.2, 0.25) is 0 Å². The molecule has 1 N–H and O–H groups in total. The zero-order valence-electron chi connectivity index (χ0n) is 15.2. The van der Waals surface area contributed by atoms with Crippen molar-refractivity contribution in [2.45, 2.75) is 32.6 Å². The fraction of sp³-hybridized carbons (Fsp3) is 0.526. The minimum Gasteiger partial charge on any atom is -0.493 e. The lowest BCUT2D eigenvalue weighted by atomic mass is 9.97. The molecule has 26 heavy (non-hydrogen) atoms. The number of likely N-dealkylation sites (tertiary alicyclic amines) is 1. The quantitative estimate of drug-likeness (QED) is 0.563. The van der Waals surface area contributed by atoms with E-state index in [0.717, 1.165) is 0 Å². The van der Waals surface area contributed by atoms with Crippen molar-refractivity contribution in [2.24, 2.45) is 5.92 Å². The molecule has 0 unspecified atom stereocenters. The maximum absolute atomic E-state index is 12.2. The average Bonchev–Trinajstić information content (AvgIpc) is 2.64. The van der Waals surface area contributed by atoms with Crippen LogP contribution in [0.4, 0.5) is 0 Å². The molecule has 7 nitrogen and oxygen atoms in total. The van der Waals surface area contributed by atoms with Gasteiger partial charge < -0.3 is 19.5 Å². The van der Waals surface area contributed by atoms with E-state index < -0.39 is 5.97 Å². The first-order valence-corrected chi connectivity index (χ1v) is 8.74. The summed E-state index contributed by atoms with van der Waals surface area (Å²) in [7, 11) is 1.51. The van der Waals surface area contributed by atoms with Crippen molar-refractivity contribution in [2.75, 3.05) is 26.8 Å². The van der Waals surface area contributed by atoms with Crippen LogP contribution in [0.25, 0.3) is 0 Å². The molecule has 1 aromatic carbocycles. The van der Waals surface area contributed by atoms with Crippen molar-refractivity contribution in [1.29, 1.82) is 0 Å². The molecule has 0 saturated carbocycles. The first-order chi connectivity index (χ1) is 12.4.